The number of ether oxygens (including phenoxy) is 1. The fraction of sp³-hybridized carbons (Fsp3) is 0.333. The minimum Gasteiger partial charge on any atom is -0.489 e. The first-order chi connectivity index (χ1) is 8.81. The topological polar surface area (TPSA) is 22.1 Å². The predicted octanol–water partition coefficient (Wildman–Crippen LogP) is 4.47. The van der Waals surface area contributed by atoms with E-state index in [-0.39, 0.29) is 0 Å². The largest absolute Gasteiger partial charge is 0.489 e. The summed E-state index contributed by atoms with van der Waals surface area (Å²) in [5.41, 5.74) is 2.13. The molecular formula is C15H18NOS. The molecule has 0 atom stereocenters. The van der Waals surface area contributed by atoms with E-state index in [2.05, 4.69) is 31.3 Å². The molecule has 3 heteroatoms. The van der Waals surface area contributed by atoms with E-state index >= 15 is 0 Å². The van der Waals surface area contributed by atoms with Crippen molar-refractivity contribution in [2.45, 2.75) is 31.1 Å². The molecule has 0 aliphatic rings. The summed E-state index contributed by atoms with van der Waals surface area (Å²) in [6.45, 7) is 2.19. The van der Waals surface area contributed by atoms with Gasteiger partial charge in [-0.3, -0.25) is 4.98 Å². The summed E-state index contributed by atoms with van der Waals surface area (Å²) in [4.78, 5) is 5.72. The number of pyridine rings is 1. The molecule has 0 bridgehead atoms. The Kier molecular flexibility index (Phi) is 4.48. The van der Waals surface area contributed by atoms with Crippen LogP contribution in [0.15, 0.2) is 29.3 Å². The fourth-order valence-corrected chi connectivity index (χ4v) is 2.72. The fourth-order valence-electron chi connectivity index (χ4n) is 2.10. The summed E-state index contributed by atoms with van der Waals surface area (Å²) in [6.07, 6.45) is 7.29. The van der Waals surface area contributed by atoms with Crippen molar-refractivity contribution >= 4 is 22.7 Å². The summed E-state index contributed by atoms with van der Waals surface area (Å²) < 4.78 is 5.39. The third kappa shape index (κ3) is 2.46. The van der Waals surface area contributed by atoms with Crippen LogP contribution in [0.25, 0.3) is 10.9 Å². The molecule has 1 radical (unpaired) electrons. The number of fused-ring (bicyclic) bond motifs is 1. The van der Waals surface area contributed by atoms with Crippen LogP contribution in [0, 0.1) is 7.11 Å². The van der Waals surface area contributed by atoms with Crippen LogP contribution >= 0.6 is 11.8 Å². The van der Waals surface area contributed by atoms with Crippen molar-refractivity contribution in [1.29, 1.82) is 0 Å². The van der Waals surface area contributed by atoms with Gasteiger partial charge in [-0.1, -0.05) is 19.4 Å². The summed E-state index contributed by atoms with van der Waals surface area (Å²) >= 11 is 1.71. The molecule has 0 N–H and O–H groups in total. The molecule has 0 fully saturated rings. The quantitative estimate of drug-likeness (QED) is 0.740. The number of thioether (sulfide) groups is 1. The van der Waals surface area contributed by atoms with Gasteiger partial charge in [0.2, 0.25) is 0 Å². The first-order valence-corrected chi connectivity index (χ1v) is 7.41. The van der Waals surface area contributed by atoms with Gasteiger partial charge < -0.3 is 4.74 Å². The average Bonchev–Trinajstić information content (AvgIpc) is 2.43. The van der Waals surface area contributed by atoms with Gasteiger partial charge in [-0.05, 0) is 31.2 Å². The van der Waals surface area contributed by atoms with Crippen LogP contribution in [0.4, 0.5) is 0 Å². The molecule has 0 saturated heterocycles. The average molecular weight is 260 g/mol. The molecular weight excluding hydrogens is 242 g/mol. The van der Waals surface area contributed by atoms with Gasteiger partial charge in [0, 0.05) is 16.7 Å². The zero-order valence-electron chi connectivity index (χ0n) is 10.9. The summed E-state index contributed by atoms with van der Waals surface area (Å²) in [7, 11) is 3.61. The maximum absolute atomic E-state index is 5.39. The van der Waals surface area contributed by atoms with E-state index in [1.165, 1.54) is 11.3 Å². The molecule has 0 unspecified atom stereocenters. The van der Waals surface area contributed by atoms with Gasteiger partial charge in [0.15, 0.2) is 0 Å². The van der Waals surface area contributed by atoms with Crippen molar-refractivity contribution in [3.63, 3.8) is 0 Å². The Labute approximate surface area is 113 Å². The maximum Gasteiger partial charge on any atom is 0.134 e. The molecule has 2 aromatic rings. The van der Waals surface area contributed by atoms with Crippen LogP contribution in [0.3, 0.4) is 0 Å². The van der Waals surface area contributed by atoms with E-state index in [1.54, 1.807) is 11.8 Å². The van der Waals surface area contributed by atoms with Gasteiger partial charge in [-0.25, -0.2) is 0 Å². The van der Waals surface area contributed by atoms with E-state index in [9.17, 15) is 0 Å². The smallest absolute Gasteiger partial charge is 0.134 e. The number of unbranched alkanes of at least 4 members (excludes halogenated alkanes) is 1. The molecule has 1 aromatic heterocycles. The lowest BCUT2D eigenvalue weighted by Crippen LogP contribution is -1.95. The molecule has 0 amide bonds. The van der Waals surface area contributed by atoms with Crippen molar-refractivity contribution in [2.75, 3.05) is 6.26 Å². The SMILES string of the molecule is [CH2]Oc1c(CCCC)cnc2cccc(SC)c12. The Morgan fingerprint density at radius 1 is 1.39 bits per heavy atom. The molecule has 0 aliphatic heterocycles. The van der Waals surface area contributed by atoms with Gasteiger partial charge in [0.25, 0.3) is 0 Å². The molecule has 2 rings (SSSR count). The maximum atomic E-state index is 5.39. The number of rotatable bonds is 5. The molecule has 95 valence electrons. The lowest BCUT2D eigenvalue weighted by atomic mass is 10.1. The van der Waals surface area contributed by atoms with E-state index < -0.39 is 0 Å². The van der Waals surface area contributed by atoms with Crippen molar-refractivity contribution in [1.82, 2.24) is 4.98 Å². The summed E-state index contributed by atoms with van der Waals surface area (Å²) in [6, 6.07) is 6.14. The Bertz CT molecular complexity index is 539. The lowest BCUT2D eigenvalue weighted by Gasteiger charge is -2.13. The van der Waals surface area contributed by atoms with Gasteiger partial charge in [-0.2, -0.15) is 0 Å². The second kappa shape index (κ2) is 6.10. The van der Waals surface area contributed by atoms with E-state index in [0.29, 0.717) is 0 Å². The summed E-state index contributed by atoms with van der Waals surface area (Å²) in [5, 5.41) is 1.09. The first kappa shape index (κ1) is 13.2. The Balaban J connectivity index is 2.61. The van der Waals surface area contributed by atoms with E-state index in [0.717, 1.165) is 35.1 Å². The van der Waals surface area contributed by atoms with Gasteiger partial charge in [0.1, 0.15) is 12.9 Å². The molecule has 1 heterocycles. The highest BCUT2D eigenvalue weighted by atomic mass is 32.2. The van der Waals surface area contributed by atoms with Crippen molar-refractivity contribution in [3.8, 4) is 5.75 Å². The third-order valence-corrected chi connectivity index (χ3v) is 3.83. The lowest BCUT2D eigenvalue weighted by molar-refractivity contribution is 0.470. The van der Waals surface area contributed by atoms with Crippen LogP contribution in [0.5, 0.6) is 5.75 Å². The number of hydrogen-bond donors (Lipinski definition) is 0. The molecule has 18 heavy (non-hydrogen) atoms. The number of benzene rings is 1. The highest BCUT2D eigenvalue weighted by molar-refractivity contribution is 7.98. The molecule has 1 aromatic carbocycles. The zero-order valence-corrected chi connectivity index (χ0v) is 11.7. The Morgan fingerprint density at radius 3 is 2.89 bits per heavy atom. The second-order valence-corrected chi connectivity index (χ2v) is 5.06. The predicted molar refractivity (Wildman–Crippen MR) is 78.1 cm³/mol. The summed E-state index contributed by atoms with van der Waals surface area (Å²) in [5.74, 6) is 0.887. The number of nitrogens with zero attached hydrogens (tertiary/aromatic N) is 1. The van der Waals surface area contributed by atoms with E-state index in [1.807, 2.05) is 18.3 Å². The molecule has 2 nitrogen and oxygen atoms in total. The van der Waals surface area contributed by atoms with Crippen LogP contribution < -0.4 is 4.74 Å². The standard InChI is InChI=1S/C15H18NOS/c1-4-5-7-11-10-16-12-8-6-9-13(18-3)14(12)15(11)17-2/h6,8-10H,2,4-5,7H2,1,3H3. The normalized spacial score (nSPS) is 10.8. The van der Waals surface area contributed by atoms with Crippen LogP contribution in [0.1, 0.15) is 25.3 Å². The van der Waals surface area contributed by atoms with Gasteiger partial charge in [-0.15, -0.1) is 11.8 Å². The molecule has 0 spiro atoms. The van der Waals surface area contributed by atoms with Crippen molar-refractivity contribution in [2.24, 2.45) is 0 Å². The van der Waals surface area contributed by atoms with Crippen molar-refractivity contribution < 1.29 is 4.74 Å². The third-order valence-electron chi connectivity index (χ3n) is 3.05. The van der Waals surface area contributed by atoms with Crippen LogP contribution in [0.2, 0.25) is 0 Å². The second-order valence-electron chi connectivity index (χ2n) is 4.21. The Morgan fingerprint density at radius 2 is 2.22 bits per heavy atom. The number of aryl methyl sites for hydroxylation is 1. The molecule has 0 aliphatic carbocycles. The highest BCUT2D eigenvalue weighted by Gasteiger charge is 2.12. The highest BCUT2D eigenvalue weighted by Crippen LogP contribution is 2.35. The number of aromatic nitrogens is 1. The minimum atomic E-state index is 0.887. The van der Waals surface area contributed by atoms with Gasteiger partial charge >= 0.3 is 0 Å². The van der Waals surface area contributed by atoms with E-state index in [4.69, 9.17) is 4.74 Å². The molecule has 0 saturated carbocycles. The van der Waals surface area contributed by atoms with Crippen LogP contribution in [-0.4, -0.2) is 11.2 Å². The Hall–Kier alpha value is -1.22. The number of hydrogen-bond acceptors (Lipinski definition) is 3. The van der Waals surface area contributed by atoms with Crippen molar-refractivity contribution in [3.05, 3.63) is 37.1 Å². The van der Waals surface area contributed by atoms with Crippen LogP contribution in [-0.2, 0) is 6.42 Å². The zero-order chi connectivity index (χ0) is 13.0. The van der Waals surface area contributed by atoms with Gasteiger partial charge in [0.05, 0.1) is 10.9 Å². The monoisotopic (exact) mass is 260 g/mol. The first-order valence-electron chi connectivity index (χ1n) is 6.18. The minimum absolute atomic E-state index is 0.887.